The van der Waals surface area contributed by atoms with Crippen LogP contribution in [-0.2, 0) is 9.59 Å². The van der Waals surface area contributed by atoms with Crippen molar-refractivity contribution in [3.63, 3.8) is 0 Å². The van der Waals surface area contributed by atoms with E-state index in [1.54, 1.807) is 12.2 Å². The minimum atomic E-state index is -0.373. The SMILES string of the molecule is C.CC/C=C/C(N)=O.CC/C=C\C(N)=O. The van der Waals surface area contributed by atoms with Crippen molar-refractivity contribution in [3.8, 4) is 0 Å². The van der Waals surface area contributed by atoms with Gasteiger partial charge in [-0.1, -0.05) is 33.4 Å². The molecule has 4 nitrogen and oxygen atoms in total. The van der Waals surface area contributed by atoms with E-state index in [1.807, 2.05) is 13.8 Å². The zero-order chi connectivity index (χ0) is 11.4. The standard InChI is InChI=1S/2C5H9NO.CH4/c2*1-2-3-4-5(6)7;/h2*3-4H,2H2,1H3,(H2,6,7);1H4/b4-3+;4-3-;. The smallest absolute Gasteiger partial charge is 0.241 e. The van der Waals surface area contributed by atoms with Gasteiger partial charge in [0.15, 0.2) is 0 Å². The molecule has 0 heterocycles. The zero-order valence-electron chi connectivity index (χ0n) is 8.69. The number of allylic oxidation sites excluding steroid dienone is 2. The summed E-state index contributed by atoms with van der Waals surface area (Å²) in [6, 6.07) is 0. The number of hydrogen-bond donors (Lipinski definition) is 2. The van der Waals surface area contributed by atoms with E-state index in [2.05, 4.69) is 0 Å². The van der Waals surface area contributed by atoms with Gasteiger partial charge < -0.3 is 11.5 Å². The fraction of sp³-hybridized carbons (Fsp3) is 0.455. The lowest BCUT2D eigenvalue weighted by atomic mass is 10.4. The number of hydrogen-bond acceptors (Lipinski definition) is 2. The largest absolute Gasteiger partial charge is 0.366 e. The summed E-state index contributed by atoms with van der Waals surface area (Å²) in [4.78, 5) is 19.8. The second-order valence-corrected chi connectivity index (χ2v) is 2.43. The van der Waals surface area contributed by atoms with Gasteiger partial charge in [-0.3, -0.25) is 9.59 Å². The van der Waals surface area contributed by atoms with Crippen molar-refractivity contribution in [2.75, 3.05) is 0 Å². The van der Waals surface area contributed by atoms with Crippen LogP contribution in [0.2, 0.25) is 0 Å². The van der Waals surface area contributed by atoms with Gasteiger partial charge in [0.1, 0.15) is 0 Å². The summed E-state index contributed by atoms with van der Waals surface area (Å²) in [5.74, 6) is -0.747. The first-order valence-corrected chi connectivity index (χ1v) is 4.46. The Bertz CT molecular complexity index is 197. The Kier molecular flexibility index (Phi) is 19.0. The maximum absolute atomic E-state index is 9.89. The molecule has 0 unspecified atom stereocenters. The summed E-state index contributed by atoms with van der Waals surface area (Å²) in [7, 11) is 0. The second kappa shape index (κ2) is 14.9. The van der Waals surface area contributed by atoms with E-state index in [9.17, 15) is 9.59 Å². The van der Waals surface area contributed by atoms with E-state index in [0.717, 1.165) is 12.8 Å². The van der Waals surface area contributed by atoms with Gasteiger partial charge in [-0.2, -0.15) is 0 Å². The number of rotatable bonds is 4. The third-order valence-electron chi connectivity index (χ3n) is 1.04. The second-order valence-electron chi connectivity index (χ2n) is 2.43. The molecule has 0 radical (unpaired) electrons. The van der Waals surface area contributed by atoms with Gasteiger partial charge in [0.05, 0.1) is 0 Å². The molecule has 0 aliphatic carbocycles. The molecule has 0 aromatic heterocycles. The Balaban J connectivity index is -0.000000180. The summed E-state index contributed by atoms with van der Waals surface area (Å²) in [5, 5.41) is 0. The van der Waals surface area contributed by atoms with E-state index in [-0.39, 0.29) is 19.2 Å². The lowest BCUT2D eigenvalue weighted by Crippen LogP contribution is -2.04. The molecule has 0 rings (SSSR count). The molecule has 0 aromatic rings. The Hall–Kier alpha value is -1.58. The summed E-state index contributed by atoms with van der Waals surface area (Å²) in [6.07, 6.45) is 7.90. The number of carbonyl (C=O) groups excluding carboxylic acids is 2. The van der Waals surface area contributed by atoms with Crippen LogP contribution < -0.4 is 11.5 Å². The molecular weight excluding hydrogens is 192 g/mol. The van der Waals surface area contributed by atoms with Crippen LogP contribution >= 0.6 is 0 Å². The molecule has 0 aliphatic rings. The summed E-state index contributed by atoms with van der Waals surface area (Å²) >= 11 is 0. The molecular formula is C11H22N2O2. The van der Waals surface area contributed by atoms with Crippen molar-refractivity contribution in [2.45, 2.75) is 34.1 Å². The van der Waals surface area contributed by atoms with Crippen molar-refractivity contribution < 1.29 is 9.59 Å². The predicted molar refractivity (Wildman–Crippen MR) is 64.0 cm³/mol. The third-order valence-corrected chi connectivity index (χ3v) is 1.04. The van der Waals surface area contributed by atoms with Crippen molar-refractivity contribution in [3.05, 3.63) is 24.3 Å². The molecule has 0 saturated carbocycles. The Labute approximate surface area is 92.0 Å². The molecule has 0 aliphatic heterocycles. The Morgan fingerprint density at radius 2 is 1.20 bits per heavy atom. The number of carbonyl (C=O) groups is 2. The van der Waals surface area contributed by atoms with Gasteiger partial charge >= 0.3 is 0 Å². The summed E-state index contributed by atoms with van der Waals surface area (Å²) in [6.45, 7) is 3.89. The van der Waals surface area contributed by atoms with Crippen LogP contribution in [0.1, 0.15) is 34.1 Å². The van der Waals surface area contributed by atoms with E-state index in [0.29, 0.717) is 0 Å². The highest BCUT2D eigenvalue weighted by atomic mass is 16.1. The minimum Gasteiger partial charge on any atom is -0.366 e. The van der Waals surface area contributed by atoms with Crippen molar-refractivity contribution >= 4 is 11.8 Å². The maximum atomic E-state index is 9.89. The van der Waals surface area contributed by atoms with E-state index in [1.165, 1.54) is 12.2 Å². The molecule has 0 fully saturated rings. The molecule has 0 atom stereocenters. The maximum Gasteiger partial charge on any atom is 0.241 e. The molecule has 0 bridgehead atoms. The van der Waals surface area contributed by atoms with Crippen LogP contribution in [-0.4, -0.2) is 11.8 Å². The first kappa shape index (κ1) is 19.1. The topological polar surface area (TPSA) is 86.2 Å². The molecule has 0 aromatic carbocycles. The highest BCUT2D eigenvalue weighted by Gasteiger charge is 1.76. The highest BCUT2D eigenvalue weighted by Crippen LogP contribution is 1.76. The zero-order valence-corrected chi connectivity index (χ0v) is 8.69. The van der Waals surface area contributed by atoms with Gasteiger partial charge in [0.2, 0.25) is 11.8 Å². The van der Waals surface area contributed by atoms with Crippen LogP contribution in [0.3, 0.4) is 0 Å². The third kappa shape index (κ3) is 32.7. The quantitative estimate of drug-likeness (QED) is 0.695. The van der Waals surface area contributed by atoms with Crippen LogP contribution in [0, 0.1) is 0 Å². The van der Waals surface area contributed by atoms with E-state index >= 15 is 0 Å². The molecule has 2 amide bonds. The average Bonchev–Trinajstić information content (AvgIpc) is 2.12. The van der Waals surface area contributed by atoms with Gasteiger partial charge in [0.25, 0.3) is 0 Å². The highest BCUT2D eigenvalue weighted by molar-refractivity contribution is 5.85. The number of primary amides is 2. The molecule has 4 N–H and O–H groups in total. The van der Waals surface area contributed by atoms with E-state index < -0.39 is 0 Å². The van der Waals surface area contributed by atoms with Crippen molar-refractivity contribution in [1.82, 2.24) is 0 Å². The Morgan fingerprint density at radius 1 is 0.933 bits per heavy atom. The lowest BCUT2D eigenvalue weighted by molar-refractivity contribution is -0.114. The van der Waals surface area contributed by atoms with Gasteiger partial charge in [-0.05, 0) is 25.0 Å². The Morgan fingerprint density at radius 3 is 1.27 bits per heavy atom. The minimum absolute atomic E-state index is 0. The van der Waals surface area contributed by atoms with Crippen molar-refractivity contribution in [1.29, 1.82) is 0 Å². The van der Waals surface area contributed by atoms with E-state index in [4.69, 9.17) is 11.5 Å². The van der Waals surface area contributed by atoms with Gasteiger partial charge in [-0.15, -0.1) is 0 Å². The van der Waals surface area contributed by atoms with Gasteiger partial charge in [-0.25, -0.2) is 0 Å². The number of amides is 2. The average molecular weight is 214 g/mol. The van der Waals surface area contributed by atoms with Gasteiger partial charge in [0, 0.05) is 0 Å². The fourth-order valence-electron chi connectivity index (χ4n) is 0.468. The fourth-order valence-corrected chi connectivity index (χ4v) is 0.468. The predicted octanol–water partition coefficient (Wildman–Crippen LogP) is 1.51. The van der Waals surface area contributed by atoms with Crippen molar-refractivity contribution in [2.24, 2.45) is 11.5 Å². The lowest BCUT2D eigenvalue weighted by Gasteiger charge is -1.74. The van der Waals surface area contributed by atoms with Crippen LogP contribution in [0.25, 0.3) is 0 Å². The van der Waals surface area contributed by atoms with Crippen LogP contribution in [0.4, 0.5) is 0 Å². The molecule has 4 heteroatoms. The molecule has 0 saturated heterocycles. The molecule has 0 spiro atoms. The molecule has 88 valence electrons. The first-order valence-electron chi connectivity index (χ1n) is 4.46. The summed E-state index contributed by atoms with van der Waals surface area (Å²) < 4.78 is 0. The summed E-state index contributed by atoms with van der Waals surface area (Å²) in [5.41, 5.74) is 9.51. The normalized spacial score (nSPS) is 9.20. The first-order chi connectivity index (χ1) is 6.54. The molecule has 15 heavy (non-hydrogen) atoms. The van der Waals surface area contributed by atoms with Crippen LogP contribution in [0.5, 0.6) is 0 Å². The monoisotopic (exact) mass is 214 g/mol. The van der Waals surface area contributed by atoms with Crippen LogP contribution in [0.15, 0.2) is 24.3 Å². The number of nitrogens with two attached hydrogens (primary N) is 2.